The fourth-order valence-corrected chi connectivity index (χ4v) is 5.03. The van der Waals surface area contributed by atoms with Crippen LogP contribution in [0.5, 0.6) is 0 Å². The van der Waals surface area contributed by atoms with E-state index >= 15 is 0 Å². The number of hydrogen-bond acceptors (Lipinski definition) is 2. The highest BCUT2D eigenvalue weighted by molar-refractivity contribution is 6.70. The van der Waals surface area contributed by atoms with Gasteiger partial charge in [0, 0.05) is 6.04 Å². The van der Waals surface area contributed by atoms with Crippen molar-refractivity contribution in [3.8, 4) is 0 Å². The fraction of sp³-hybridized carbons (Fsp3) is 0.647. The van der Waals surface area contributed by atoms with Crippen LogP contribution in [0.1, 0.15) is 40.5 Å². The van der Waals surface area contributed by atoms with E-state index in [1.54, 1.807) is 0 Å². The third kappa shape index (κ3) is 4.44. The van der Waals surface area contributed by atoms with Crippen LogP contribution in [0.15, 0.2) is 30.3 Å². The monoisotopic (exact) mass is 290 g/mol. The summed E-state index contributed by atoms with van der Waals surface area (Å²) < 4.78 is 6.41. The maximum absolute atomic E-state index is 6.41. The predicted octanol–water partition coefficient (Wildman–Crippen LogP) is 3.09. The average Bonchev–Trinajstić information content (AvgIpc) is 2.41. The van der Waals surface area contributed by atoms with Crippen LogP contribution in [0.3, 0.4) is 0 Å². The molecule has 1 fully saturated rings. The van der Waals surface area contributed by atoms with Gasteiger partial charge in [-0.1, -0.05) is 25.1 Å². The van der Waals surface area contributed by atoms with E-state index in [1.807, 2.05) is 0 Å². The molecule has 0 bridgehead atoms. The molecule has 1 N–H and O–H groups in total. The van der Waals surface area contributed by atoms with Gasteiger partial charge in [-0.25, -0.2) is 4.43 Å². The first kappa shape index (κ1) is 15.7. The third-order valence-corrected chi connectivity index (χ3v) is 6.58. The maximum Gasteiger partial charge on any atom is 0.517 e. The van der Waals surface area contributed by atoms with E-state index < -0.39 is 9.04 Å². The van der Waals surface area contributed by atoms with Crippen LogP contribution in [-0.2, 0) is 4.43 Å². The Morgan fingerprint density at radius 1 is 1.20 bits per heavy atom. The Morgan fingerprint density at radius 3 is 2.45 bits per heavy atom. The van der Waals surface area contributed by atoms with Crippen LogP contribution in [0.2, 0.25) is 5.04 Å². The smallest absolute Gasteiger partial charge is 0.311 e. The average molecular weight is 291 g/mol. The lowest BCUT2D eigenvalue weighted by molar-refractivity contribution is 0.216. The van der Waals surface area contributed by atoms with Gasteiger partial charge in [0.05, 0.1) is 0 Å². The number of rotatable bonds is 4. The molecule has 20 heavy (non-hydrogen) atoms. The van der Waals surface area contributed by atoms with E-state index in [9.17, 15) is 0 Å². The molecule has 1 aromatic rings. The van der Waals surface area contributed by atoms with E-state index in [-0.39, 0.29) is 5.04 Å². The Labute approximate surface area is 125 Å². The van der Waals surface area contributed by atoms with Crippen LogP contribution in [0.4, 0.5) is 0 Å². The molecule has 110 valence electrons. The molecule has 0 saturated carbocycles. The minimum absolute atomic E-state index is 0.216. The fourth-order valence-electron chi connectivity index (χ4n) is 2.71. The Hall–Kier alpha value is -0.643. The molecule has 3 heteroatoms. The molecule has 0 aliphatic carbocycles. The van der Waals surface area contributed by atoms with Gasteiger partial charge < -0.3 is 5.32 Å². The zero-order valence-electron chi connectivity index (χ0n) is 13.3. The molecule has 1 aliphatic rings. The second kappa shape index (κ2) is 6.88. The normalized spacial score (nSPS) is 23.6. The molecule has 1 aliphatic heterocycles. The minimum atomic E-state index is -0.990. The summed E-state index contributed by atoms with van der Waals surface area (Å²) in [6, 6.07) is 11.3. The van der Waals surface area contributed by atoms with E-state index in [2.05, 4.69) is 63.3 Å². The Balaban J connectivity index is 1.96. The van der Waals surface area contributed by atoms with Gasteiger partial charge >= 0.3 is 9.04 Å². The Kier molecular flexibility index (Phi) is 5.41. The molecule has 0 radical (unpaired) electrons. The van der Waals surface area contributed by atoms with Crippen LogP contribution >= 0.6 is 0 Å². The van der Waals surface area contributed by atoms with Crippen molar-refractivity contribution >= 4 is 14.2 Å². The van der Waals surface area contributed by atoms with Crippen molar-refractivity contribution in [2.45, 2.75) is 51.6 Å². The van der Waals surface area contributed by atoms with E-state index in [4.69, 9.17) is 4.43 Å². The highest BCUT2D eigenvalue weighted by Gasteiger charge is 2.46. The molecular weight excluding hydrogens is 262 g/mol. The molecule has 1 heterocycles. The number of hydrogen-bond donors (Lipinski definition) is 1. The summed E-state index contributed by atoms with van der Waals surface area (Å²) in [5.74, 6) is 0.813. The van der Waals surface area contributed by atoms with Crippen molar-refractivity contribution in [1.82, 2.24) is 5.32 Å². The largest absolute Gasteiger partial charge is 0.517 e. The zero-order valence-corrected chi connectivity index (χ0v) is 14.3. The number of nitrogens with one attached hydrogen (secondary N) is 1. The van der Waals surface area contributed by atoms with Gasteiger partial charge in [-0.15, -0.1) is 0 Å². The summed E-state index contributed by atoms with van der Waals surface area (Å²) >= 11 is 0. The zero-order chi connectivity index (χ0) is 14.6. The van der Waals surface area contributed by atoms with Crippen molar-refractivity contribution in [3.63, 3.8) is 0 Å². The molecule has 2 nitrogen and oxygen atoms in total. The molecule has 1 saturated heterocycles. The molecule has 0 spiro atoms. The SMILES string of the molecule is C[C@H]1CC[C@@H](CO[Si+](c2ccccc2)C(C)(C)C)NC1. The summed E-state index contributed by atoms with van der Waals surface area (Å²) in [6.07, 6.45) is 2.57. The predicted molar refractivity (Wildman–Crippen MR) is 87.7 cm³/mol. The van der Waals surface area contributed by atoms with Crippen LogP contribution in [0.25, 0.3) is 0 Å². The van der Waals surface area contributed by atoms with Gasteiger partial charge in [0.25, 0.3) is 0 Å². The second-order valence-electron chi connectivity index (χ2n) is 7.04. The van der Waals surface area contributed by atoms with Crippen LogP contribution in [-0.4, -0.2) is 28.2 Å². The van der Waals surface area contributed by atoms with Gasteiger partial charge in [0.2, 0.25) is 0 Å². The lowest BCUT2D eigenvalue weighted by Gasteiger charge is -2.27. The molecule has 0 unspecified atom stereocenters. The summed E-state index contributed by atoms with van der Waals surface area (Å²) in [4.78, 5) is 0. The molecule has 2 atom stereocenters. The third-order valence-electron chi connectivity index (χ3n) is 3.91. The summed E-state index contributed by atoms with van der Waals surface area (Å²) in [5.41, 5.74) is 0. The topological polar surface area (TPSA) is 21.3 Å². The van der Waals surface area contributed by atoms with Gasteiger partial charge in [-0.3, -0.25) is 0 Å². The highest BCUT2D eigenvalue weighted by atomic mass is 28.3. The van der Waals surface area contributed by atoms with Crippen molar-refractivity contribution in [2.75, 3.05) is 13.2 Å². The van der Waals surface area contributed by atoms with Gasteiger partial charge in [-0.05, 0) is 58.2 Å². The first-order valence-electron chi connectivity index (χ1n) is 7.76. The molecule has 2 rings (SSSR count). The Morgan fingerprint density at radius 2 is 1.90 bits per heavy atom. The molecular formula is C17H28NOSi+. The van der Waals surface area contributed by atoms with Crippen molar-refractivity contribution in [2.24, 2.45) is 5.92 Å². The summed E-state index contributed by atoms with van der Waals surface area (Å²) in [6.45, 7) is 11.2. The van der Waals surface area contributed by atoms with E-state index in [0.29, 0.717) is 6.04 Å². The first-order valence-corrected chi connectivity index (χ1v) is 9.16. The minimum Gasteiger partial charge on any atom is -0.311 e. The van der Waals surface area contributed by atoms with Gasteiger partial charge in [-0.2, -0.15) is 0 Å². The van der Waals surface area contributed by atoms with Crippen molar-refractivity contribution < 1.29 is 4.43 Å². The lowest BCUT2D eigenvalue weighted by Crippen LogP contribution is -2.47. The van der Waals surface area contributed by atoms with Crippen molar-refractivity contribution in [1.29, 1.82) is 0 Å². The van der Waals surface area contributed by atoms with E-state index in [1.165, 1.54) is 18.0 Å². The van der Waals surface area contributed by atoms with Crippen LogP contribution in [0, 0.1) is 5.92 Å². The van der Waals surface area contributed by atoms with Gasteiger partial charge in [0.15, 0.2) is 0 Å². The molecule has 1 aromatic carbocycles. The summed E-state index contributed by atoms with van der Waals surface area (Å²) in [5, 5.41) is 5.22. The highest BCUT2D eigenvalue weighted by Crippen LogP contribution is 2.27. The number of piperidine rings is 1. The molecule has 0 aromatic heterocycles. The first-order chi connectivity index (χ1) is 9.47. The standard InChI is InChI=1S/C17H28NOSi/c1-14-10-11-15(18-12-14)13-19-20(17(2,3)4)16-8-6-5-7-9-16/h5-9,14-15,18H,10-13H2,1-4H3/q+1/t14-,15-/m0/s1. The van der Waals surface area contributed by atoms with E-state index in [0.717, 1.165) is 19.1 Å². The molecule has 0 amide bonds. The van der Waals surface area contributed by atoms with Gasteiger partial charge in [0.1, 0.15) is 16.8 Å². The maximum atomic E-state index is 6.41. The second-order valence-corrected chi connectivity index (χ2v) is 10.1. The van der Waals surface area contributed by atoms with Crippen LogP contribution < -0.4 is 10.5 Å². The summed E-state index contributed by atoms with van der Waals surface area (Å²) in [7, 11) is -0.990. The Bertz CT molecular complexity index is 393. The van der Waals surface area contributed by atoms with Crippen molar-refractivity contribution in [3.05, 3.63) is 30.3 Å². The lowest BCUT2D eigenvalue weighted by atomic mass is 9.97. The quantitative estimate of drug-likeness (QED) is 0.861. The number of benzene rings is 1.